The molecule has 1 amide bonds. The van der Waals surface area contributed by atoms with Crippen LogP contribution in [0.15, 0.2) is 30.3 Å². The van der Waals surface area contributed by atoms with Crippen molar-refractivity contribution in [2.24, 2.45) is 0 Å². The van der Waals surface area contributed by atoms with Crippen LogP contribution in [0.4, 0.5) is 11.6 Å². The molecule has 0 fully saturated rings. The number of benzene rings is 1. The van der Waals surface area contributed by atoms with Crippen LogP contribution in [0.5, 0.6) is 5.75 Å². The lowest BCUT2D eigenvalue weighted by Gasteiger charge is -2.08. The Hall–Kier alpha value is -2.63. The number of aromatic nitrogens is 2. The van der Waals surface area contributed by atoms with Crippen LogP contribution in [0, 0.1) is 6.92 Å². The Morgan fingerprint density at radius 3 is 2.59 bits per heavy atom. The summed E-state index contributed by atoms with van der Waals surface area (Å²) in [7, 11) is 1.60. The molecule has 116 valence electrons. The summed E-state index contributed by atoms with van der Waals surface area (Å²) in [6.07, 6.45) is 0.963. The zero-order valence-corrected chi connectivity index (χ0v) is 13.0. The normalized spacial score (nSPS) is 10.1. The van der Waals surface area contributed by atoms with Crippen LogP contribution in [-0.2, 0) is 0 Å². The Bertz CT molecular complexity index is 641. The van der Waals surface area contributed by atoms with Crippen molar-refractivity contribution in [2.45, 2.75) is 20.3 Å². The average Bonchev–Trinajstić information content (AvgIpc) is 2.53. The molecule has 0 spiro atoms. The quantitative estimate of drug-likeness (QED) is 0.858. The molecule has 0 radical (unpaired) electrons. The predicted molar refractivity (Wildman–Crippen MR) is 86.5 cm³/mol. The van der Waals surface area contributed by atoms with Gasteiger partial charge in [-0.3, -0.25) is 4.79 Å². The maximum Gasteiger partial charge on any atom is 0.274 e. The first-order valence-electron chi connectivity index (χ1n) is 7.17. The lowest BCUT2D eigenvalue weighted by Crippen LogP contribution is -2.16. The highest BCUT2D eigenvalue weighted by molar-refractivity contribution is 6.03. The van der Waals surface area contributed by atoms with Crippen molar-refractivity contribution in [3.05, 3.63) is 41.7 Å². The predicted octanol–water partition coefficient (Wildman–Crippen LogP) is 2.87. The second-order valence-electron chi connectivity index (χ2n) is 4.83. The lowest BCUT2D eigenvalue weighted by atomic mass is 10.2. The minimum Gasteiger partial charge on any atom is -0.497 e. The number of nitrogens with zero attached hydrogens (tertiary/aromatic N) is 2. The molecule has 0 bridgehead atoms. The summed E-state index contributed by atoms with van der Waals surface area (Å²) >= 11 is 0. The van der Waals surface area contributed by atoms with Gasteiger partial charge in [0.25, 0.3) is 5.91 Å². The SMILES string of the molecule is CCCNc1nc(C)cc(C(=O)Nc2ccc(OC)cc2)n1. The molecule has 22 heavy (non-hydrogen) atoms. The highest BCUT2D eigenvalue weighted by Gasteiger charge is 2.11. The van der Waals surface area contributed by atoms with E-state index in [1.165, 1.54) is 0 Å². The first-order chi connectivity index (χ1) is 10.6. The molecule has 0 atom stereocenters. The van der Waals surface area contributed by atoms with Gasteiger partial charge in [-0.1, -0.05) is 6.92 Å². The second kappa shape index (κ2) is 7.40. The van der Waals surface area contributed by atoms with Gasteiger partial charge in [-0.15, -0.1) is 0 Å². The summed E-state index contributed by atoms with van der Waals surface area (Å²) in [6.45, 7) is 4.66. The summed E-state index contributed by atoms with van der Waals surface area (Å²) in [5.74, 6) is 0.943. The van der Waals surface area contributed by atoms with Crippen LogP contribution in [0.1, 0.15) is 29.5 Å². The van der Waals surface area contributed by atoms with E-state index >= 15 is 0 Å². The van der Waals surface area contributed by atoms with Crippen LogP contribution in [0.3, 0.4) is 0 Å². The maximum absolute atomic E-state index is 12.3. The number of aryl methyl sites for hydroxylation is 1. The van der Waals surface area contributed by atoms with Crippen LogP contribution < -0.4 is 15.4 Å². The zero-order valence-electron chi connectivity index (χ0n) is 13.0. The van der Waals surface area contributed by atoms with Crippen LogP contribution in [0.2, 0.25) is 0 Å². The molecule has 0 aliphatic rings. The molecule has 0 aliphatic carbocycles. The summed E-state index contributed by atoms with van der Waals surface area (Å²) in [5.41, 5.74) is 1.76. The van der Waals surface area contributed by atoms with Crippen LogP contribution >= 0.6 is 0 Å². The van der Waals surface area contributed by atoms with Gasteiger partial charge in [0.1, 0.15) is 11.4 Å². The third kappa shape index (κ3) is 4.18. The van der Waals surface area contributed by atoms with Crippen molar-refractivity contribution in [1.29, 1.82) is 0 Å². The van der Waals surface area contributed by atoms with Crippen molar-refractivity contribution in [1.82, 2.24) is 9.97 Å². The van der Waals surface area contributed by atoms with Crippen molar-refractivity contribution in [2.75, 3.05) is 24.3 Å². The van der Waals surface area contributed by atoms with E-state index in [9.17, 15) is 4.79 Å². The highest BCUT2D eigenvalue weighted by Crippen LogP contribution is 2.16. The number of rotatable bonds is 6. The third-order valence-corrected chi connectivity index (χ3v) is 2.97. The first kappa shape index (κ1) is 15.8. The van der Waals surface area contributed by atoms with Gasteiger partial charge in [0.05, 0.1) is 7.11 Å². The number of ether oxygens (including phenoxy) is 1. The molecule has 1 aromatic carbocycles. The average molecular weight is 300 g/mol. The van der Waals surface area contributed by atoms with Gasteiger partial charge in [0, 0.05) is 17.9 Å². The molecule has 0 aliphatic heterocycles. The second-order valence-corrected chi connectivity index (χ2v) is 4.83. The van der Waals surface area contributed by atoms with E-state index in [-0.39, 0.29) is 5.91 Å². The zero-order chi connectivity index (χ0) is 15.9. The fraction of sp³-hybridized carbons (Fsp3) is 0.312. The van der Waals surface area contributed by atoms with Gasteiger partial charge in [-0.05, 0) is 43.7 Å². The van der Waals surface area contributed by atoms with Gasteiger partial charge < -0.3 is 15.4 Å². The maximum atomic E-state index is 12.3. The monoisotopic (exact) mass is 300 g/mol. The molecule has 0 saturated heterocycles. The Balaban J connectivity index is 2.12. The summed E-state index contributed by atoms with van der Waals surface area (Å²) in [4.78, 5) is 20.8. The van der Waals surface area contributed by atoms with Crippen molar-refractivity contribution < 1.29 is 9.53 Å². The van der Waals surface area contributed by atoms with E-state index in [0.717, 1.165) is 24.4 Å². The van der Waals surface area contributed by atoms with E-state index in [2.05, 4.69) is 27.5 Å². The number of hydrogen-bond acceptors (Lipinski definition) is 5. The summed E-state index contributed by atoms with van der Waals surface area (Å²) in [5, 5.41) is 5.90. The van der Waals surface area contributed by atoms with Crippen molar-refractivity contribution in [3.63, 3.8) is 0 Å². The summed E-state index contributed by atoms with van der Waals surface area (Å²) < 4.78 is 5.09. The minimum atomic E-state index is -0.268. The number of nitrogens with one attached hydrogen (secondary N) is 2. The highest BCUT2D eigenvalue weighted by atomic mass is 16.5. The first-order valence-corrected chi connectivity index (χ1v) is 7.17. The Morgan fingerprint density at radius 2 is 1.95 bits per heavy atom. The molecular formula is C16H20N4O2. The van der Waals surface area contributed by atoms with Gasteiger partial charge in [0.2, 0.25) is 5.95 Å². The molecule has 6 heteroatoms. The minimum absolute atomic E-state index is 0.268. The summed E-state index contributed by atoms with van der Waals surface area (Å²) in [6, 6.07) is 8.79. The largest absolute Gasteiger partial charge is 0.497 e. The lowest BCUT2D eigenvalue weighted by molar-refractivity contribution is 0.102. The van der Waals surface area contributed by atoms with E-state index in [4.69, 9.17) is 4.74 Å². The molecule has 6 nitrogen and oxygen atoms in total. The standard InChI is InChI=1S/C16H20N4O2/c1-4-9-17-16-18-11(2)10-14(20-16)15(21)19-12-5-7-13(22-3)8-6-12/h5-8,10H,4,9H2,1-3H3,(H,19,21)(H,17,18,20). The Labute approximate surface area is 129 Å². The molecule has 1 heterocycles. The molecular weight excluding hydrogens is 280 g/mol. The van der Waals surface area contributed by atoms with E-state index < -0.39 is 0 Å². The van der Waals surface area contributed by atoms with Crippen LogP contribution in [0.25, 0.3) is 0 Å². The van der Waals surface area contributed by atoms with E-state index in [1.54, 1.807) is 37.4 Å². The Morgan fingerprint density at radius 1 is 1.23 bits per heavy atom. The third-order valence-electron chi connectivity index (χ3n) is 2.97. The topological polar surface area (TPSA) is 76.1 Å². The molecule has 0 saturated carbocycles. The number of carbonyl (C=O) groups excluding carboxylic acids is 1. The number of anilines is 2. The van der Waals surface area contributed by atoms with E-state index in [0.29, 0.717) is 17.3 Å². The number of amides is 1. The molecule has 2 aromatic rings. The Kier molecular flexibility index (Phi) is 5.30. The van der Waals surface area contributed by atoms with Crippen LogP contribution in [-0.4, -0.2) is 29.5 Å². The van der Waals surface area contributed by atoms with E-state index in [1.807, 2.05) is 6.92 Å². The van der Waals surface area contributed by atoms with Crippen molar-refractivity contribution in [3.8, 4) is 5.75 Å². The van der Waals surface area contributed by atoms with Gasteiger partial charge in [-0.2, -0.15) is 0 Å². The van der Waals surface area contributed by atoms with Crippen molar-refractivity contribution >= 4 is 17.5 Å². The van der Waals surface area contributed by atoms with Gasteiger partial charge in [-0.25, -0.2) is 9.97 Å². The molecule has 2 rings (SSSR count). The fourth-order valence-corrected chi connectivity index (χ4v) is 1.87. The van der Waals surface area contributed by atoms with Gasteiger partial charge in [0.15, 0.2) is 0 Å². The molecule has 1 aromatic heterocycles. The number of carbonyl (C=O) groups is 1. The molecule has 0 unspecified atom stereocenters. The number of hydrogen-bond donors (Lipinski definition) is 2. The van der Waals surface area contributed by atoms with Gasteiger partial charge >= 0.3 is 0 Å². The smallest absolute Gasteiger partial charge is 0.274 e. The molecule has 2 N–H and O–H groups in total. The number of methoxy groups -OCH3 is 1. The fourth-order valence-electron chi connectivity index (χ4n) is 1.87.